The van der Waals surface area contributed by atoms with Gasteiger partial charge >= 0.3 is 0 Å². The molecule has 0 amide bonds. The molecule has 2 aromatic carbocycles. The Labute approximate surface area is 164 Å². The molecule has 0 radical (unpaired) electrons. The molecule has 2 unspecified atom stereocenters. The highest BCUT2D eigenvalue weighted by Gasteiger charge is 2.47. The van der Waals surface area contributed by atoms with Crippen LogP contribution in [0.2, 0.25) is 0 Å². The van der Waals surface area contributed by atoms with Crippen LogP contribution in [0.5, 0.6) is 0 Å². The second-order valence-electron chi connectivity index (χ2n) is 7.86. The van der Waals surface area contributed by atoms with E-state index in [1.807, 2.05) is 30.3 Å². The Kier molecular flexibility index (Phi) is 5.35. The molecule has 156 valence electrons. The second kappa shape index (κ2) is 7.66. The maximum Gasteiger partial charge on any atom is 0.200 e. The molecule has 29 heavy (non-hydrogen) atoms. The van der Waals surface area contributed by atoms with Crippen LogP contribution in [-0.2, 0) is 17.7 Å². The third kappa shape index (κ3) is 3.76. The summed E-state index contributed by atoms with van der Waals surface area (Å²) in [6.07, 6.45) is -0.434. The molecule has 3 nitrogen and oxygen atoms in total. The number of nitrogens with zero attached hydrogens (tertiary/aromatic N) is 1. The van der Waals surface area contributed by atoms with Gasteiger partial charge < -0.3 is 9.84 Å². The summed E-state index contributed by atoms with van der Waals surface area (Å²) in [5, 5.41) is 11.1. The van der Waals surface area contributed by atoms with E-state index in [0.29, 0.717) is 19.8 Å². The van der Waals surface area contributed by atoms with Gasteiger partial charge in [0.2, 0.25) is 5.82 Å². The van der Waals surface area contributed by atoms with Gasteiger partial charge in [0.1, 0.15) is 0 Å². The molecule has 0 spiro atoms. The predicted molar refractivity (Wildman–Crippen MR) is 94.5 cm³/mol. The van der Waals surface area contributed by atoms with Crippen molar-refractivity contribution < 1.29 is 31.8 Å². The number of rotatable bonds is 4. The molecule has 2 bridgehead atoms. The van der Waals surface area contributed by atoms with Gasteiger partial charge in [-0.15, -0.1) is 0 Å². The summed E-state index contributed by atoms with van der Waals surface area (Å²) < 4.78 is 74.2. The Hall–Kier alpha value is -2.03. The van der Waals surface area contributed by atoms with Gasteiger partial charge in [-0.1, -0.05) is 30.3 Å². The zero-order chi connectivity index (χ0) is 20.8. The van der Waals surface area contributed by atoms with Crippen molar-refractivity contribution in [3.8, 4) is 0 Å². The lowest BCUT2D eigenvalue weighted by Gasteiger charge is -2.51. The zero-order valence-corrected chi connectivity index (χ0v) is 15.5. The summed E-state index contributed by atoms with van der Waals surface area (Å²) in [7, 11) is 0. The monoisotopic (exact) mass is 413 g/mol. The van der Waals surface area contributed by atoms with Crippen LogP contribution < -0.4 is 0 Å². The molecular formula is C21H20F5NO2. The predicted octanol–water partition coefficient (Wildman–Crippen LogP) is 3.72. The normalized spacial score (nSPS) is 27.2. The smallest absolute Gasteiger partial charge is 0.200 e. The average molecular weight is 413 g/mol. The van der Waals surface area contributed by atoms with E-state index in [0.717, 1.165) is 5.56 Å². The van der Waals surface area contributed by atoms with E-state index >= 15 is 0 Å². The minimum absolute atomic E-state index is 0.107. The Balaban J connectivity index is 1.58. The number of aliphatic hydroxyl groups is 1. The molecule has 8 heteroatoms. The van der Waals surface area contributed by atoms with Crippen molar-refractivity contribution in [1.29, 1.82) is 0 Å². The zero-order valence-electron chi connectivity index (χ0n) is 15.5. The van der Waals surface area contributed by atoms with Crippen LogP contribution in [0, 0.1) is 29.1 Å². The van der Waals surface area contributed by atoms with Gasteiger partial charge in [-0.05, 0) is 18.4 Å². The van der Waals surface area contributed by atoms with E-state index in [2.05, 4.69) is 4.90 Å². The Morgan fingerprint density at radius 3 is 1.93 bits per heavy atom. The fourth-order valence-electron chi connectivity index (χ4n) is 4.47. The summed E-state index contributed by atoms with van der Waals surface area (Å²) in [5.41, 5.74) is -1.49. The Morgan fingerprint density at radius 1 is 0.862 bits per heavy atom. The van der Waals surface area contributed by atoms with Gasteiger partial charge in [0.15, 0.2) is 23.3 Å². The van der Waals surface area contributed by atoms with Crippen LogP contribution >= 0.6 is 0 Å². The molecule has 0 saturated carbocycles. The first-order chi connectivity index (χ1) is 13.8. The van der Waals surface area contributed by atoms with E-state index in [9.17, 15) is 27.1 Å². The first-order valence-electron chi connectivity index (χ1n) is 9.39. The first-order valence-corrected chi connectivity index (χ1v) is 9.39. The molecule has 2 aliphatic rings. The largest absolute Gasteiger partial charge is 0.389 e. The van der Waals surface area contributed by atoms with Crippen LogP contribution in [0.4, 0.5) is 22.0 Å². The number of halogens is 5. The second-order valence-corrected chi connectivity index (χ2v) is 7.86. The molecule has 4 rings (SSSR count). The molecule has 1 N–H and O–H groups in total. The molecule has 2 atom stereocenters. The van der Waals surface area contributed by atoms with Crippen LogP contribution in [0.3, 0.4) is 0 Å². The highest BCUT2D eigenvalue weighted by Crippen LogP contribution is 2.39. The van der Waals surface area contributed by atoms with E-state index < -0.39 is 46.7 Å². The molecule has 2 aromatic rings. The lowest BCUT2D eigenvalue weighted by Crippen LogP contribution is -2.61. The standard InChI is InChI=1S/C21H20F5NO2/c22-16-15(17(23)19(25)20(26)18(16)24)8-21(28)6-13-10-29-11-14(7-21)27(13)9-12-4-2-1-3-5-12/h1-5,13-14,28H,6-11H2. The lowest BCUT2D eigenvalue weighted by atomic mass is 9.77. The quantitative estimate of drug-likeness (QED) is 0.471. The minimum Gasteiger partial charge on any atom is -0.389 e. The Morgan fingerprint density at radius 2 is 1.38 bits per heavy atom. The van der Waals surface area contributed by atoms with Gasteiger partial charge in [-0.2, -0.15) is 0 Å². The van der Waals surface area contributed by atoms with Gasteiger partial charge in [0.25, 0.3) is 0 Å². The summed E-state index contributed by atoms with van der Waals surface area (Å²) in [6, 6.07) is 9.25. The van der Waals surface area contributed by atoms with Crippen LogP contribution in [0.1, 0.15) is 24.0 Å². The Bertz CT molecular complexity index is 865. The molecule has 2 fully saturated rings. The van der Waals surface area contributed by atoms with E-state index in [1.165, 1.54) is 0 Å². The number of hydrogen-bond donors (Lipinski definition) is 1. The van der Waals surface area contributed by atoms with Crippen molar-refractivity contribution in [2.45, 2.75) is 43.5 Å². The number of benzene rings is 2. The summed E-state index contributed by atoms with van der Waals surface area (Å²) in [6.45, 7) is 1.27. The summed E-state index contributed by atoms with van der Waals surface area (Å²) in [5.74, 6) is -9.95. The fourth-order valence-corrected chi connectivity index (χ4v) is 4.47. The van der Waals surface area contributed by atoms with Crippen LogP contribution in [0.15, 0.2) is 30.3 Å². The van der Waals surface area contributed by atoms with Crippen molar-refractivity contribution in [3.05, 3.63) is 70.5 Å². The fraction of sp³-hybridized carbons (Fsp3) is 0.429. The molecule has 0 aromatic heterocycles. The minimum atomic E-state index is -2.20. The van der Waals surface area contributed by atoms with Gasteiger partial charge in [-0.25, -0.2) is 22.0 Å². The number of fused-ring (bicyclic) bond motifs is 2. The molecule has 0 aliphatic carbocycles. The van der Waals surface area contributed by atoms with Crippen molar-refractivity contribution in [2.75, 3.05) is 13.2 Å². The van der Waals surface area contributed by atoms with Gasteiger partial charge in [0, 0.05) is 30.6 Å². The van der Waals surface area contributed by atoms with E-state index in [-0.39, 0.29) is 24.9 Å². The molecule has 2 saturated heterocycles. The number of morpholine rings is 1. The molecular weight excluding hydrogens is 393 g/mol. The van der Waals surface area contributed by atoms with E-state index in [1.54, 1.807) is 0 Å². The lowest BCUT2D eigenvalue weighted by molar-refractivity contribution is -0.145. The number of hydrogen-bond acceptors (Lipinski definition) is 3. The molecule has 2 heterocycles. The topological polar surface area (TPSA) is 32.7 Å². The number of piperidine rings is 1. The van der Waals surface area contributed by atoms with Crippen molar-refractivity contribution in [2.24, 2.45) is 0 Å². The van der Waals surface area contributed by atoms with Crippen LogP contribution in [0.25, 0.3) is 0 Å². The molecule has 2 aliphatic heterocycles. The van der Waals surface area contributed by atoms with E-state index in [4.69, 9.17) is 4.74 Å². The first kappa shape index (κ1) is 20.3. The summed E-state index contributed by atoms with van der Waals surface area (Å²) >= 11 is 0. The van der Waals surface area contributed by atoms with Gasteiger partial charge in [-0.3, -0.25) is 4.90 Å². The van der Waals surface area contributed by atoms with Crippen LogP contribution in [-0.4, -0.2) is 40.9 Å². The highest BCUT2D eigenvalue weighted by atomic mass is 19.2. The highest BCUT2D eigenvalue weighted by molar-refractivity contribution is 5.26. The maximum absolute atomic E-state index is 14.1. The summed E-state index contributed by atoms with van der Waals surface area (Å²) in [4.78, 5) is 2.17. The maximum atomic E-state index is 14.1. The number of ether oxygens (including phenoxy) is 1. The SMILES string of the molecule is OC1(Cc2c(F)c(F)c(F)c(F)c2F)CC2COCC(C1)N2Cc1ccccc1. The van der Waals surface area contributed by atoms with Crippen molar-refractivity contribution in [1.82, 2.24) is 4.90 Å². The average Bonchev–Trinajstić information content (AvgIpc) is 2.70. The van der Waals surface area contributed by atoms with Crippen molar-refractivity contribution in [3.63, 3.8) is 0 Å². The van der Waals surface area contributed by atoms with Crippen molar-refractivity contribution >= 4 is 0 Å². The third-order valence-electron chi connectivity index (χ3n) is 5.80. The van der Waals surface area contributed by atoms with Gasteiger partial charge in [0.05, 0.1) is 18.8 Å². The third-order valence-corrected chi connectivity index (χ3v) is 5.80.